The number of hydrogen-bond donors (Lipinski definition) is 0. The van der Waals surface area contributed by atoms with Crippen LogP contribution in [-0.2, 0) is 28.6 Å². The molecule has 426 valence electrons. The molecule has 1 atom stereocenters. The Bertz CT molecular complexity index is 1420. The number of carbonyl (C=O) groups is 3. The first kappa shape index (κ1) is 70.6. The van der Waals surface area contributed by atoms with Gasteiger partial charge in [-0.15, -0.1) is 0 Å². The third kappa shape index (κ3) is 59.5. The first-order valence-corrected chi connectivity index (χ1v) is 31.6. The third-order valence-corrected chi connectivity index (χ3v) is 13.6. The molecule has 0 aromatic rings. The molecule has 0 saturated carbocycles. The number of esters is 3. The van der Waals surface area contributed by atoms with E-state index in [0.717, 1.165) is 96.3 Å². The summed E-state index contributed by atoms with van der Waals surface area (Å²) in [5, 5.41) is 0. The highest BCUT2D eigenvalue weighted by Gasteiger charge is 2.19. The molecular formula is C68H118O6. The molecule has 0 saturated heterocycles. The van der Waals surface area contributed by atoms with Crippen LogP contribution >= 0.6 is 0 Å². The summed E-state index contributed by atoms with van der Waals surface area (Å²) in [5.41, 5.74) is 0. The molecule has 0 aliphatic heterocycles. The molecule has 0 radical (unpaired) electrons. The van der Waals surface area contributed by atoms with Gasteiger partial charge in [-0.3, -0.25) is 14.4 Å². The Morgan fingerprint density at radius 3 is 0.865 bits per heavy atom. The van der Waals surface area contributed by atoms with E-state index in [-0.39, 0.29) is 31.1 Å². The molecule has 0 aromatic carbocycles. The predicted molar refractivity (Wildman–Crippen MR) is 321 cm³/mol. The zero-order valence-electron chi connectivity index (χ0n) is 48.8. The molecule has 0 aliphatic carbocycles. The van der Waals surface area contributed by atoms with E-state index in [2.05, 4.69) is 106 Å². The summed E-state index contributed by atoms with van der Waals surface area (Å²) in [6, 6.07) is 0. The smallest absolute Gasteiger partial charge is 0.306 e. The SMILES string of the molecule is CC/C=C\C/C=C\C/C=C\C/C=C\CCCCCCCCC(=O)OCC(COC(=O)CCCCCCCCC/C=C\CCCCCCCCC)OC(=O)CCCCCCCCCCC/C=C\C/C=C\CCCCC. The van der Waals surface area contributed by atoms with Crippen molar-refractivity contribution in [3.63, 3.8) is 0 Å². The zero-order valence-corrected chi connectivity index (χ0v) is 48.8. The summed E-state index contributed by atoms with van der Waals surface area (Å²) in [4.78, 5) is 38.3. The standard InChI is InChI=1S/C68H118O6/c1-4-7-10-13-16-19-22-25-28-31-34-37-40-43-46-49-52-55-58-61-67(70)73-64-65(63-72-66(69)60-57-54-51-48-45-42-39-36-33-30-27-24-21-18-15-12-9-6-3)74-68(71)62-59-56-53-50-47-44-41-38-35-32-29-26-23-20-17-14-11-8-5-2/h7,10,16-17,19-20,25-26,28-30,33-34,37,65H,4-6,8-9,11-15,18,21-24,27,31-32,35-36,38-64H2,1-3H3/b10-7-,19-16-,20-17-,28-25-,29-26-,33-30-,37-34-. The lowest BCUT2D eigenvalue weighted by Crippen LogP contribution is -2.30. The quantitative estimate of drug-likeness (QED) is 0.0261. The van der Waals surface area contributed by atoms with Crippen LogP contribution in [0, 0.1) is 0 Å². The van der Waals surface area contributed by atoms with Gasteiger partial charge in [0.05, 0.1) is 0 Å². The summed E-state index contributed by atoms with van der Waals surface area (Å²) in [7, 11) is 0. The highest BCUT2D eigenvalue weighted by atomic mass is 16.6. The van der Waals surface area contributed by atoms with E-state index in [4.69, 9.17) is 14.2 Å². The fraction of sp³-hybridized carbons (Fsp3) is 0.750. The van der Waals surface area contributed by atoms with Crippen molar-refractivity contribution in [3.05, 3.63) is 85.1 Å². The van der Waals surface area contributed by atoms with Gasteiger partial charge in [-0.2, -0.15) is 0 Å². The van der Waals surface area contributed by atoms with Crippen LogP contribution in [0.1, 0.15) is 310 Å². The minimum Gasteiger partial charge on any atom is -0.462 e. The van der Waals surface area contributed by atoms with Crippen LogP contribution in [-0.4, -0.2) is 37.2 Å². The van der Waals surface area contributed by atoms with E-state index in [9.17, 15) is 14.4 Å². The van der Waals surface area contributed by atoms with Gasteiger partial charge in [-0.25, -0.2) is 0 Å². The molecule has 0 N–H and O–H groups in total. The molecule has 0 aromatic heterocycles. The Hall–Kier alpha value is -3.41. The lowest BCUT2D eigenvalue weighted by molar-refractivity contribution is -0.167. The number of ether oxygens (including phenoxy) is 3. The molecular weight excluding hydrogens is 913 g/mol. The molecule has 6 heteroatoms. The number of carbonyl (C=O) groups excluding carboxylic acids is 3. The summed E-state index contributed by atoms with van der Waals surface area (Å²) in [5.74, 6) is -0.895. The molecule has 0 heterocycles. The molecule has 0 spiro atoms. The fourth-order valence-electron chi connectivity index (χ4n) is 8.87. The molecule has 0 aliphatic rings. The number of rotatable bonds is 57. The van der Waals surface area contributed by atoms with Crippen molar-refractivity contribution in [2.45, 2.75) is 316 Å². The first-order chi connectivity index (χ1) is 36.5. The predicted octanol–water partition coefficient (Wildman–Crippen LogP) is 21.5. The maximum Gasteiger partial charge on any atom is 0.306 e. The second-order valence-electron chi connectivity index (χ2n) is 20.9. The van der Waals surface area contributed by atoms with Crippen LogP contribution in [0.2, 0.25) is 0 Å². The maximum absolute atomic E-state index is 12.9. The van der Waals surface area contributed by atoms with E-state index in [1.54, 1.807) is 0 Å². The number of allylic oxidation sites excluding steroid dienone is 14. The highest BCUT2D eigenvalue weighted by molar-refractivity contribution is 5.71. The van der Waals surface area contributed by atoms with Gasteiger partial charge in [0, 0.05) is 19.3 Å². The number of hydrogen-bond acceptors (Lipinski definition) is 6. The van der Waals surface area contributed by atoms with E-state index in [0.29, 0.717) is 19.3 Å². The van der Waals surface area contributed by atoms with Crippen molar-refractivity contribution in [2.24, 2.45) is 0 Å². The average molecular weight is 1030 g/mol. The van der Waals surface area contributed by atoms with Crippen molar-refractivity contribution < 1.29 is 28.6 Å². The third-order valence-electron chi connectivity index (χ3n) is 13.6. The van der Waals surface area contributed by atoms with Crippen molar-refractivity contribution in [1.29, 1.82) is 0 Å². The topological polar surface area (TPSA) is 78.9 Å². The van der Waals surface area contributed by atoms with Crippen LogP contribution in [0.15, 0.2) is 85.1 Å². The zero-order chi connectivity index (χ0) is 53.6. The molecule has 6 nitrogen and oxygen atoms in total. The monoisotopic (exact) mass is 1030 g/mol. The van der Waals surface area contributed by atoms with Crippen LogP contribution in [0.25, 0.3) is 0 Å². The van der Waals surface area contributed by atoms with Crippen LogP contribution in [0.4, 0.5) is 0 Å². The summed E-state index contributed by atoms with van der Waals surface area (Å²) in [6.45, 7) is 6.51. The molecule has 0 bridgehead atoms. The maximum atomic E-state index is 12.9. The van der Waals surface area contributed by atoms with Gasteiger partial charge in [0.25, 0.3) is 0 Å². The van der Waals surface area contributed by atoms with Gasteiger partial charge >= 0.3 is 17.9 Å². The second kappa shape index (κ2) is 62.1. The Labute approximate surface area is 458 Å². The molecule has 0 rings (SSSR count). The van der Waals surface area contributed by atoms with Gasteiger partial charge in [-0.05, 0) is 116 Å². The first-order valence-electron chi connectivity index (χ1n) is 31.6. The van der Waals surface area contributed by atoms with E-state index >= 15 is 0 Å². The lowest BCUT2D eigenvalue weighted by atomic mass is 10.1. The van der Waals surface area contributed by atoms with Gasteiger partial charge in [0.2, 0.25) is 0 Å². The van der Waals surface area contributed by atoms with Crippen molar-refractivity contribution in [2.75, 3.05) is 13.2 Å². The fourth-order valence-corrected chi connectivity index (χ4v) is 8.87. The van der Waals surface area contributed by atoms with Crippen LogP contribution in [0.3, 0.4) is 0 Å². The van der Waals surface area contributed by atoms with E-state index < -0.39 is 6.10 Å². The van der Waals surface area contributed by atoms with E-state index in [1.165, 1.54) is 173 Å². The molecule has 0 fully saturated rings. The largest absolute Gasteiger partial charge is 0.462 e. The normalized spacial score (nSPS) is 12.6. The van der Waals surface area contributed by atoms with Crippen LogP contribution < -0.4 is 0 Å². The van der Waals surface area contributed by atoms with Gasteiger partial charge in [0.1, 0.15) is 13.2 Å². The minimum atomic E-state index is -0.789. The second-order valence-corrected chi connectivity index (χ2v) is 20.9. The Morgan fingerprint density at radius 2 is 0.527 bits per heavy atom. The Morgan fingerprint density at radius 1 is 0.284 bits per heavy atom. The molecule has 1 unspecified atom stereocenters. The highest BCUT2D eigenvalue weighted by Crippen LogP contribution is 2.16. The average Bonchev–Trinajstić information content (AvgIpc) is 3.40. The van der Waals surface area contributed by atoms with Gasteiger partial charge in [-0.1, -0.05) is 260 Å². The van der Waals surface area contributed by atoms with Crippen molar-refractivity contribution in [3.8, 4) is 0 Å². The summed E-state index contributed by atoms with van der Waals surface area (Å²) < 4.78 is 16.9. The Balaban J connectivity index is 4.41. The molecule has 74 heavy (non-hydrogen) atoms. The van der Waals surface area contributed by atoms with Crippen molar-refractivity contribution >= 4 is 17.9 Å². The summed E-state index contributed by atoms with van der Waals surface area (Å²) >= 11 is 0. The van der Waals surface area contributed by atoms with Gasteiger partial charge in [0.15, 0.2) is 6.10 Å². The number of unbranched alkanes of at least 4 members (excludes halogenated alkanes) is 32. The minimum absolute atomic E-state index is 0.0842. The van der Waals surface area contributed by atoms with E-state index in [1.807, 2.05) is 0 Å². The van der Waals surface area contributed by atoms with Crippen LogP contribution in [0.5, 0.6) is 0 Å². The Kier molecular flexibility index (Phi) is 59.3. The van der Waals surface area contributed by atoms with Gasteiger partial charge < -0.3 is 14.2 Å². The summed E-state index contributed by atoms with van der Waals surface area (Å²) in [6.07, 6.45) is 81.5. The molecule has 0 amide bonds. The lowest BCUT2D eigenvalue weighted by Gasteiger charge is -2.18. The van der Waals surface area contributed by atoms with Crippen molar-refractivity contribution in [1.82, 2.24) is 0 Å².